The Hall–Kier alpha value is -1.00. The smallest absolute Gasteiger partial charge is 0.410 e. The zero-order chi connectivity index (χ0) is 16.5. The van der Waals surface area contributed by atoms with Crippen LogP contribution in [0.25, 0.3) is 5.57 Å². The van der Waals surface area contributed by atoms with Gasteiger partial charge in [-0.25, -0.2) is 4.79 Å². The molecule has 0 radical (unpaired) electrons. The molecule has 1 heterocycles. The van der Waals surface area contributed by atoms with Crippen LogP contribution >= 0.6 is 27.5 Å². The number of carbonyl (C=O) groups is 1. The third-order valence-electron chi connectivity index (χ3n) is 3.43. The van der Waals surface area contributed by atoms with Crippen LogP contribution in [0, 0.1) is 6.92 Å². The van der Waals surface area contributed by atoms with Gasteiger partial charge in [-0.05, 0) is 62.9 Å². The SMILES string of the molecule is Cc1cc(Cl)cc(Br)c1C1=CCN(C(=O)OC(C)(C)C)CC1. The first-order chi connectivity index (χ1) is 10.2. The van der Waals surface area contributed by atoms with Gasteiger partial charge in [-0.3, -0.25) is 0 Å². The highest BCUT2D eigenvalue weighted by atomic mass is 79.9. The van der Waals surface area contributed by atoms with Crippen LogP contribution in [0.15, 0.2) is 22.7 Å². The fraction of sp³-hybridized carbons (Fsp3) is 0.471. The van der Waals surface area contributed by atoms with Gasteiger partial charge in [0, 0.05) is 22.6 Å². The molecule has 2 rings (SSSR count). The van der Waals surface area contributed by atoms with E-state index < -0.39 is 5.60 Å². The third-order valence-corrected chi connectivity index (χ3v) is 4.28. The molecule has 0 N–H and O–H groups in total. The first-order valence-corrected chi connectivity index (χ1v) is 8.47. The summed E-state index contributed by atoms with van der Waals surface area (Å²) in [7, 11) is 0. The van der Waals surface area contributed by atoms with E-state index in [4.69, 9.17) is 16.3 Å². The molecule has 1 aromatic rings. The van der Waals surface area contributed by atoms with Crippen molar-refractivity contribution in [3.8, 4) is 0 Å². The molecule has 3 nitrogen and oxygen atoms in total. The average Bonchev–Trinajstić information content (AvgIpc) is 2.36. The summed E-state index contributed by atoms with van der Waals surface area (Å²) in [4.78, 5) is 13.8. The zero-order valence-electron chi connectivity index (χ0n) is 13.4. The van der Waals surface area contributed by atoms with E-state index >= 15 is 0 Å². The monoisotopic (exact) mass is 385 g/mol. The van der Waals surface area contributed by atoms with E-state index in [9.17, 15) is 4.79 Å². The third kappa shape index (κ3) is 4.26. The summed E-state index contributed by atoms with van der Waals surface area (Å²) in [6, 6.07) is 3.87. The van der Waals surface area contributed by atoms with Crippen molar-refractivity contribution in [3.05, 3.63) is 38.8 Å². The zero-order valence-corrected chi connectivity index (χ0v) is 15.7. The Bertz CT molecular complexity index is 597. The number of benzene rings is 1. The van der Waals surface area contributed by atoms with Gasteiger partial charge in [-0.2, -0.15) is 0 Å². The Morgan fingerprint density at radius 3 is 2.55 bits per heavy atom. The molecule has 0 fully saturated rings. The Morgan fingerprint density at radius 2 is 2.05 bits per heavy atom. The van der Waals surface area contributed by atoms with Gasteiger partial charge < -0.3 is 9.64 Å². The van der Waals surface area contributed by atoms with Gasteiger partial charge in [0.1, 0.15) is 5.60 Å². The summed E-state index contributed by atoms with van der Waals surface area (Å²) in [5, 5.41) is 0.722. The molecule has 120 valence electrons. The van der Waals surface area contributed by atoms with Crippen molar-refractivity contribution >= 4 is 39.2 Å². The molecule has 0 spiro atoms. The van der Waals surface area contributed by atoms with Crippen molar-refractivity contribution in [1.29, 1.82) is 0 Å². The van der Waals surface area contributed by atoms with Crippen LogP contribution < -0.4 is 0 Å². The summed E-state index contributed by atoms with van der Waals surface area (Å²) in [6.45, 7) is 8.92. The molecule has 1 aromatic carbocycles. The second-order valence-corrected chi connectivity index (χ2v) is 7.78. The van der Waals surface area contributed by atoms with E-state index in [0.717, 1.165) is 21.5 Å². The van der Waals surface area contributed by atoms with Crippen LogP contribution in [0.1, 0.15) is 38.3 Å². The number of carbonyl (C=O) groups excluding carboxylic acids is 1. The molecule has 1 amide bonds. The molecule has 5 heteroatoms. The molecule has 0 unspecified atom stereocenters. The number of nitrogens with zero attached hydrogens (tertiary/aromatic N) is 1. The van der Waals surface area contributed by atoms with Crippen LogP contribution in [0.4, 0.5) is 4.79 Å². The van der Waals surface area contributed by atoms with Gasteiger partial charge in [0.25, 0.3) is 0 Å². The Morgan fingerprint density at radius 1 is 1.36 bits per heavy atom. The van der Waals surface area contributed by atoms with Gasteiger partial charge in [0.2, 0.25) is 0 Å². The van der Waals surface area contributed by atoms with E-state index in [2.05, 4.69) is 22.0 Å². The van der Waals surface area contributed by atoms with Crippen molar-refractivity contribution < 1.29 is 9.53 Å². The van der Waals surface area contributed by atoms with Gasteiger partial charge in [-0.15, -0.1) is 0 Å². The van der Waals surface area contributed by atoms with Gasteiger partial charge in [-0.1, -0.05) is 33.6 Å². The topological polar surface area (TPSA) is 29.5 Å². The lowest BCUT2D eigenvalue weighted by molar-refractivity contribution is 0.0270. The number of hydrogen-bond acceptors (Lipinski definition) is 2. The van der Waals surface area contributed by atoms with Crippen molar-refractivity contribution in [2.75, 3.05) is 13.1 Å². The lowest BCUT2D eigenvalue weighted by atomic mass is 9.96. The molecule has 0 aliphatic carbocycles. The standard InChI is InChI=1S/C17H21BrClNO2/c1-11-9-13(19)10-14(18)15(11)12-5-7-20(8-6-12)16(21)22-17(2,3)4/h5,9-10H,6-8H2,1-4H3. The minimum atomic E-state index is -0.461. The first-order valence-electron chi connectivity index (χ1n) is 7.30. The van der Waals surface area contributed by atoms with Crippen molar-refractivity contribution in [1.82, 2.24) is 4.90 Å². The predicted octanol–water partition coefficient (Wildman–Crippen LogP) is 5.44. The van der Waals surface area contributed by atoms with E-state index in [0.29, 0.717) is 13.1 Å². The van der Waals surface area contributed by atoms with Crippen LogP contribution in [0.3, 0.4) is 0 Å². The maximum Gasteiger partial charge on any atom is 0.410 e. The molecule has 1 aliphatic rings. The lowest BCUT2D eigenvalue weighted by Gasteiger charge is -2.30. The predicted molar refractivity (Wildman–Crippen MR) is 94.3 cm³/mol. The number of amides is 1. The van der Waals surface area contributed by atoms with Gasteiger partial charge in [0.15, 0.2) is 0 Å². The number of ether oxygens (including phenoxy) is 1. The molecule has 0 aromatic heterocycles. The van der Waals surface area contributed by atoms with Gasteiger partial charge >= 0.3 is 6.09 Å². The van der Waals surface area contributed by atoms with Crippen LogP contribution in [0.2, 0.25) is 5.02 Å². The summed E-state index contributed by atoms with van der Waals surface area (Å²) < 4.78 is 6.41. The fourth-order valence-corrected chi connectivity index (χ4v) is 3.72. The normalized spacial score (nSPS) is 15.5. The summed E-state index contributed by atoms with van der Waals surface area (Å²) in [6.07, 6.45) is 2.64. The number of aryl methyl sites for hydroxylation is 1. The Kier molecular flexibility index (Phi) is 5.23. The van der Waals surface area contributed by atoms with Crippen molar-refractivity contribution in [2.45, 2.75) is 39.7 Å². The fourth-order valence-electron chi connectivity index (χ4n) is 2.50. The molecule has 0 saturated carbocycles. The quantitative estimate of drug-likeness (QED) is 0.643. The highest BCUT2D eigenvalue weighted by Crippen LogP contribution is 2.34. The molecule has 22 heavy (non-hydrogen) atoms. The second kappa shape index (κ2) is 6.63. The van der Waals surface area contributed by atoms with Crippen molar-refractivity contribution in [3.63, 3.8) is 0 Å². The molecular formula is C17H21BrClNO2. The second-order valence-electron chi connectivity index (χ2n) is 6.49. The van der Waals surface area contributed by atoms with Crippen molar-refractivity contribution in [2.24, 2.45) is 0 Å². The molecule has 0 saturated heterocycles. The molecule has 0 bridgehead atoms. The van der Waals surface area contributed by atoms with Crippen LogP contribution in [0.5, 0.6) is 0 Å². The maximum absolute atomic E-state index is 12.1. The highest BCUT2D eigenvalue weighted by molar-refractivity contribution is 9.10. The van der Waals surface area contributed by atoms with Gasteiger partial charge in [0.05, 0.1) is 0 Å². The van der Waals surface area contributed by atoms with E-state index in [-0.39, 0.29) is 6.09 Å². The Labute approximate surface area is 145 Å². The summed E-state index contributed by atoms with van der Waals surface area (Å²) >= 11 is 9.66. The number of rotatable bonds is 1. The van der Waals surface area contributed by atoms with Crippen LogP contribution in [-0.2, 0) is 4.74 Å². The number of hydrogen-bond donors (Lipinski definition) is 0. The summed E-state index contributed by atoms with van der Waals surface area (Å²) in [5.74, 6) is 0. The minimum absolute atomic E-state index is 0.255. The minimum Gasteiger partial charge on any atom is -0.444 e. The summed E-state index contributed by atoms with van der Waals surface area (Å²) in [5.41, 5.74) is 3.09. The maximum atomic E-state index is 12.1. The molecule has 1 aliphatic heterocycles. The number of halogens is 2. The van der Waals surface area contributed by atoms with E-state index in [1.807, 2.05) is 39.8 Å². The molecule has 0 atom stereocenters. The van der Waals surface area contributed by atoms with E-state index in [1.54, 1.807) is 4.90 Å². The average molecular weight is 387 g/mol. The molecular weight excluding hydrogens is 366 g/mol. The first kappa shape index (κ1) is 17.4. The largest absolute Gasteiger partial charge is 0.444 e. The van der Waals surface area contributed by atoms with Crippen LogP contribution in [-0.4, -0.2) is 29.7 Å². The Balaban J connectivity index is 2.14. The van der Waals surface area contributed by atoms with E-state index in [1.165, 1.54) is 11.1 Å². The highest BCUT2D eigenvalue weighted by Gasteiger charge is 2.24. The lowest BCUT2D eigenvalue weighted by Crippen LogP contribution is -2.39.